The van der Waals surface area contributed by atoms with Gasteiger partial charge in [-0.25, -0.2) is 0 Å². The number of benzene rings is 1. The number of carbonyl (C=O) groups excluding carboxylic acids is 1. The van der Waals surface area contributed by atoms with E-state index in [0.717, 1.165) is 12.1 Å². The smallest absolute Gasteiger partial charge is 0.371 e. The lowest BCUT2D eigenvalue weighted by Crippen LogP contribution is -2.39. The normalized spacial score (nSPS) is 17.6. The highest BCUT2D eigenvalue weighted by atomic mass is 19.4. The largest absolute Gasteiger partial charge is 0.416 e. The van der Waals surface area contributed by atoms with E-state index in [1.54, 1.807) is 13.0 Å². The minimum atomic E-state index is -4.36. The molecule has 0 saturated carbocycles. The minimum absolute atomic E-state index is 0.0440. The van der Waals surface area contributed by atoms with Crippen LogP contribution >= 0.6 is 0 Å². The predicted molar refractivity (Wildman–Crippen MR) is 87.4 cm³/mol. The summed E-state index contributed by atoms with van der Waals surface area (Å²) in [6, 6.07) is 5.00. The summed E-state index contributed by atoms with van der Waals surface area (Å²) in [7, 11) is 0. The number of nitrogens with zero attached hydrogens (tertiary/aromatic N) is 1. The number of piperidine rings is 1. The van der Waals surface area contributed by atoms with Crippen LogP contribution in [0.2, 0.25) is 0 Å². The molecule has 0 bridgehead atoms. The SMILES string of the molecule is C[C@H](N)CC(=N)C(=O)C1CCN(c2cccc(C(F)(F)F)c2)CC1. The molecule has 132 valence electrons. The lowest BCUT2D eigenvalue weighted by Gasteiger charge is -2.33. The zero-order chi connectivity index (χ0) is 17.9. The van der Waals surface area contributed by atoms with E-state index in [1.165, 1.54) is 6.07 Å². The van der Waals surface area contributed by atoms with E-state index in [9.17, 15) is 18.0 Å². The molecule has 4 nitrogen and oxygen atoms in total. The van der Waals surface area contributed by atoms with Crippen LogP contribution in [0, 0.1) is 11.3 Å². The molecule has 0 radical (unpaired) electrons. The van der Waals surface area contributed by atoms with Crippen LogP contribution in [-0.4, -0.2) is 30.6 Å². The van der Waals surface area contributed by atoms with E-state index in [-0.39, 0.29) is 29.9 Å². The second-order valence-electron chi connectivity index (χ2n) is 6.33. The van der Waals surface area contributed by atoms with Gasteiger partial charge in [0.25, 0.3) is 0 Å². The molecule has 0 spiro atoms. The van der Waals surface area contributed by atoms with Gasteiger partial charge in [0.2, 0.25) is 0 Å². The van der Waals surface area contributed by atoms with Gasteiger partial charge in [0.1, 0.15) is 0 Å². The fraction of sp³-hybridized carbons (Fsp3) is 0.529. The number of halogens is 3. The van der Waals surface area contributed by atoms with Crippen LogP contribution in [-0.2, 0) is 11.0 Å². The molecule has 3 N–H and O–H groups in total. The van der Waals surface area contributed by atoms with Gasteiger partial charge in [0.15, 0.2) is 5.78 Å². The van der Waals surface area contributed by atoms with Gasteiger partial charge in [0.05, 0.1) is 11.3 Å². The zero-order valence-electron chi connectivity index (χ0n) is 13.6. The first-order valence-electron chi connectivity index (χ1n) is 7.98. The molecule has 2 rings (SSSR count). The van der Waals surface area contributed by atoms with Crippen molar-refractivity contribution in [1.29, 1.82) is 5.41 Å². The second-order valence-corrected chi connectivity index (χ2v) is 6.33. The number of nitrogens with one attached hydrogen (secondary N) is 1. The van der Waals surface area contributed by atoms with Crippen LogP contribution < -0.4 is 10.6 Å². The molecule has 1 atom stereocenters. The van der Waals surface area contributed by atoms with Crippen molar-refractivity contribution in [1.82, 2.24) is 0 Å². The molecule has 0 aliphatic carbocycles. The van der Waals surface area contributed by atoms with E-state index in [2.05, 4.69) is 0 Å². The fourth-order valence-corrected chi connectivity index (χ4v) is 2.95. The third-order valence-corrected chi connectivity index (χ3v) is 4.23. The van der Waals surface area contributed by atoms with Gasteiger partial charge >= 0.3 is 6.18 Å². The number of rotatable bonds is 5. The highest BCUT2D eigenvalue weighted by Crippen LogP contribution is 2.32. The van der Waals surface area contributed by atoms with Crippen LogP contribution in [0.15, 0.2) is 24.3 Å². The Hall–Kier alpha value is -1.89. The van der Waals surface area contributed by atoms with Crippen molar-refractivity contribution < 1.29 is 18.0 Å². The van der Waals surface area contributed by atoms with Crippen LogP contribution in [0.1, 0.15) is 31.7 Å². The second kappa shape index (κ2) is 7.34. The maximum atomic E-state index is 12.8. The van der Waals surface area contributed by atoms with Crippen LogP contribution in [0.25, 0.3) is 0 Å². The van der Waals surface area contributed by atoms with Crippen molar-refractivity contribution in [2.24, 2.45) is 11.7 Å². The molecule has 7 heteroatoms. The topological polar surface area (TPSA) is 70.2 Å². The Labute approximate surface area is 139 Å². The Morgan fingerprint density at radius 2 is 2.00 bits per heavy atom. The molecule has 1 aliphatic heterocycles. The molecule has 0 amide bonds. The Bertz CT molecular complexity index is 605. The number of hydrogen-bond acceptors (Lipinski definition) is 4. The van der Waals surface area contributed by atoms with Gasteiger partial charge in [0, 0.05) is 37.2 Å². The maximum Gasteiger partial charge on any atom is 0.416 e. The summed E-state index contributed by atoms with van der Waals surface area (Å²) in [6.07, 6.45) is -3.03. The van der Waals surface area contributed by atoms with Crippen molar-refractivity contribution in [2.45, 2.75) is 38.4 Å². The first kappa shape index (κ1) is 18.4. The quantitative estimate of drug-likeness (QED) is 0.808. The molecule has 1 aromatic rings. The Morgan fingerprint density at radius 3 is 2.54 bits per heavy atom. The summed E-state index contributed by atoms with van der Waals surface area (Å²) in [6.45, 7) is 2.75. The maximum absolute atomic E-state index is 12.8. The summed E-state index contributed by atoms with van der Waals surface area (Å²) < 4.78 is 38.4. The Balaban J connectivity index is 1.98. The lowest BCUT2D eigenvalue weighted by atomic mass is 9.88. The van der Waals surface area contributed by atoms with E-state index >= 15 is 0 Å². The number of Topliss-reactive ketones (excluding diaryl/α,β-unsaturated/α-hetero) is 1. The summed E-state index contributed by atoms with van der Waals surface area (Å²) in [5, 5.41) is 7.80. The van der Waals surface area contributed by atoms with Gasteiger partial charge < -0.3 is 16.0 Å². The highest BCUT2D eigenvalue weighted by Gasteiger charge is 2.32. The summed E-state index contributed by atoms with van der Waals surface area (Å²) in [5.74, 6) is -0.422. The number of hydrogen-bond donors (Lipinski definition) is 2. The van der Waals surface area contributed by atoms with Crippen LogP contribution in [0.3, 0.4) is 0 Å². The average Bonchev–Trinajstić information content (AvgIpc) is 2.53. The van der Waals surface area contributed by atoms with E-state index in [4.69, 9.17) is 11.1 Å². The zero-order valence-corrected chi connectivity index (χ0v) is 13.6. The van der Waals surface area contributed by atoms with Gasteiger partial charge in [-0.05, 0) is 38.0 Å². The van der Waals surface area contributed by atoms with E-state index < -0.39 is 11.7 Å². The summed E-state index contributed by atoms with van der Waals surface area (Å²) in [4.78, 5) is 14.1. The lowest BCUT2D eigenvalue weighted by molar-refractivity contribution is -0.137. The van der Waals surface area contributed by atoms with Gasteiger partial charge in [-0.1, -0.05) is 6.07 Å². The van der Waals surface area contributed by atoms with Crippen LogP contribution in [0.4, 0.5) is 18.9 Å². The molecule has 1 aromatic carbocycles. The van der Waals surface area contributed by atoms with Crippen LogP contribution in [0.5, 0.6) is 0 Å². The molecule has 24 heavy (non-hydrogen) atoms. The number of carbonyl (C=O) groups is 1. The van der Waals surface area contributed by atoms with Gasteiger partial charge in [-0.2, -0.15) is 13.2 Å². The van der Waals surface area contributed by atoms with Gasteiger partial charge in [-0.15, -0.1) is 0 Å². The average molecular weight is 341 g/mol. The van der Waals surface area contributed by atoms with Crippen molar-refractivity contribution in [3.05, 3.63) is 29.8 Å². The van der Waals surface area contributed by atoms with Crippen molar-refractivity contribution in [3.63, 3.8) is 0 Å². The minimum Gasteiger partial charge on any atom is -0.371 e. The fourth-order valence-electron chi connectivity index (χ4n) is 2.95. The summed E-state index contributed by atoms with van der Waals surface area (Å²) in [5.41, 5.74) is 5.50. The third kappa shape index (κ3) is 4.56. The molecule has 1 heterocycles. The molecular weight excluding hydrogens is 319 g/mol. The van der Waals surface area contributed by atoms with Crippen molar-refractivity contribution in [3.8, 4) is 0 Å². The molecule has 1 fully saturated rings. The van der Waals surface area contributed by atoms with E-state index in [1.807, 2.05) is 4.90 Å². The van der Waals surface area contributed by atoms with Gasteiger partial charge in [-0.3, -0.25) is 4.79 Å². The number of ketones is 1. The monoisotopic (exact) mass is 341 g/mol. The Kier molecular flexibility index (Phi) is 5.64. The summed E-state index contributed by atoms with van der Waals surface area (Å²) >= 11 is 0. The van der Waals surface area contributed by atoms with Crippen molar-refractivity contribution in [2.75, 3.05) is 18.0 Å². The number of nitrogens with two attached hydrogens (primary N) is 1. The third-order valence-electron chi connectivity index (χ3n) is 4.23. The predicted octanol–water partition coefficient (Wildman–Crippen LogP) is 3.25. The van der Waals surface area contributed by atoms with Crippen molar-refractivity contribution >= 4 is 17.2 Å². The first-order valence-corrected chi connectivity index (χ1v) is 7.98. The Morgan fingerprint density at radius 1 is 1.38 bits per heavy atom. The first-order chi connectivity index (χ1) is 11.2. The number of alkyl halides is 3. The molecule has 1 aliphatic rings. The molecular formula is C17H22F3N3O. The molecule has 0 aromatic heterocycles. The molecule has 0 unspecified atom stereocenters. The standard InChI is InChI=1S/C17H22F3N3O/c1-11(21)9-15(22)16(24)12-5-7-23(8-6-12)14-4-2-3-13(10-14)17(18,19)20/h2-4,10-12,22H,5-9,21H2,1H3/t11-/m0/s1. The highest BCUT2D eigenvalue weighted by molar-refractivity contribution is 6.39. The number of anilines is 1. The molecule has 1 saturated heterocycles. The van der Waals surface area contributed by atoms with E-state index in [0.29, 0.717) is 31.6 Å².